The summed E-state index contributed by atoms with van der Waals surface area (Å²) in [5, 5.41) is 3.01. The topological polar surface area (TPSA) is 90.9 Å². The number of fused-ring (bicyclic) bond motifs is 1. The van der Waals surface area contributed by atoms with E-state index >= 15 is 0 Å². The van der Waals surface area contributed by atoms with E-state index in [0.717, 1.165) is 31.7 Å². The molecule has 0 spiro atoms. The van der Waals surface area contributed by atoms with E-state index in [9.17, 15) is 13.2 Å². The van der Waals surface area contributed by atoms with E-state index in [2.05, 4.69) is 26.0 Å². The third-order valence-electron chi connectivity index (χ3n) is 6.43. The van der Waals surface area contributed by atoms with Gasteiger partial charge < -0.3 is 5.32 Å². The fourth-order valence-corrected chi connectivity index (χ4v) is 5.61. The molecule has 0 aromatic heterocycles. The molecule has 2 aromatic carbocycles. The molecule has 0 saturated carbocycles. The number of hydrogen-bond acceptors (Lipinski definition) is 5. The Morgan fingerprint density at radius 3 is 2.64 bits per heavy atom. The molecule has 0 unspecified atom stereocenters. The molecule has 0 radical (unpaired) electrons. The number of amides is 1. The van der Waals surface area contributed by atoms with E-state index in [1.54, 1.807) is 24.3 Å². The average molecular weight is 469 g/mol. The number of anilines is 1. The van der Waals surface area contributed by atoms with E-state index in [1.807, 2.05) is 32.0 Å². The van der Waals surface area contributed by atoms with Crippen molar-refractivity contribution in [3.8, 4) is 0 Å². The zero-order valence-electron chi connectivity index (χ0n) is 19.3. The fourth-order valence-electron chi connectivity index (χ4n) is 4.38. The smallest absolute Gasteiger partial charge is 0.263 e. The Labute approximate surface area is 196 Å². The maximum Gasteiger partial charge on any atom is 0.263 e. The summed E-state index contributed by atoms with van der Waals surface area (Å²) >= 11 is 0. The van der Waals surface area contributed by atoms with Gasteiger partial charge in [0.25, 0.3) is 10.0 Å². The van der Waals surface area contributed by atoms with Crippen LogP contribution in [-0.4, -0.2) is 44.2 Å². The third kappa shape index (κ3) is 5.45. The number of hydrogen-bond donors (Lipinski definition) is 2. The Morgan fingerprint density at radius 2 is 1.88 bits per heavy atom. The van der Waals surface area contributed by atoms with Gasteiger partial charge in [-0.15, -0.1) is 0 Å². The summed E-state index contributed by atoms with van der Waals surface area (Å²) < 4.78 is 27.4. The van der Waals surface area contributed by atoms with Gasteiger partial charge in [-0.3, -0.25) is 19.4 Å². The third-order valence-corrected chi connectivity index (χ3v) is 7.83. The molecule has 1 saturated heterocycles. The van der Waals surface area contributed by atoms with Gasteiger partial charge in [0.2, 0.25) is 5.91 Å². The summed E-state index contributed by atoms with van der Waals surface area (Å²) in [4.78, 5) is 20.5. The number of nitrogens with zero attached hydrogens (tertiary/aromatic N) is 2. The molecule has 1 amide bonds. The lowest BCUT2D eigenvalue weighted by molar-refractivity contribution is -0.118. The molecular formula is C25H32N4O3S. The van der Waals surface area contributed by atoms with Crippen molar-refractivity contribution >= 4 is 27.5 Å². The fraction of sp³-hybridized carbons (Fsp3) is 0.440. The Morgan fingerprint density at radius 1 is 1.12 bits per heavy atom. The zero-order chi connectivity index (χ0) is 23.4. The monoisotopic (exact) mass is 468 g/mol. The van der Waals surface area contributed by atoms with Crippen LogP contribution in [0.3, 0.4) is 0 Å². The molecule has 7 nitrogen and oxygen atoms in total. The number of piperidine rings is 1. The number of aliphatic imine (C=N–C) groups is 1. The van der Waals surface area contributed by atoms with Crippen molar-refractivity contribution in [3.05, 3.63) is 59.7 Å². The Hall–Kier alpha value is -2.71. The quantitative estimate of drug-likeness (QED) is 0.647. The van der Waals surface area contributed by atoms with Crippen molar-refractivity contribution in [3.63, 3.8) is 0 Å². The molecule has 33 heavy (non-hydrogen) atoms. The molecule has 4 rings (SSSR count). The van der Waals surface area contributed by atoms with Crippen LogP contribution in [0.15, 0.2) is 58.4 Å². The SMILES string of the molecule is CC[C@H](C)[C@H](N=C1NS(=O)(=O)c2ccccc21)C(=O)Nc1cccc(CN2CCCCC2)c1. The van der Waals surface area contributed by atoms with Crippen LogP contribution < -0.4 is 10.0 Å². The first-order chi connectivity index (χ1) is 15.9. The first kappa shape index (κ1) is 23.4. The minimum atomic E-state index is -3.65. The predicted molar refractivity (Wildman–Crippen MR) is 131 cm³/mol. The van der Waals surface area contributed by atoms with Gasteiger partial charge in [0, 0.05) is 17.8 Å². The molecule has 8 heteroatoms. The van der Waals surface area contributed by atoms with Crippen LogP contribution in [0.2, 0.25) is 0 Å². The number of carbonyl (C=O) groups excluding carboxylic acids is 1. The second-order valence-electron chi connectivity index (χ2n) is 8.94. The van der Waals surface area contributed by atoms with Crippen molar-refractivity contribution in [2.24, 2.45) is 10.9 Å². The molecule has 0 bridgehead atoms. The Kier molecular flexibility index (Phi) is 7.14. The normalized spacial score (nSPS) is 20.6. The first-order valence-corrected chi connectivity index (χ1v) is 13.2. The summed E-state index contributed by atoms with van der Waals surface area (Å²) in [5.74, 6) is -0.0771. The van der Waals surface area contributed by atoms with Crippen LogP contribution in [-0.2, 0) is 21.4 Å². The highest BCUT2D eigenvalue weighted by atomic mass is 32.2. The van der Waals surface area contributed by atoms with Gasteiger partial charge in [-0.2, -0.15) is 0 Å². The standard InChI is InChI=1S/C25H32N4O3S/c1-3-18(2)23(27-24-21-12-5-6-13-22(21)33(31,32)28-24)25(30)26-20-11-9-10-19(16-20)17-29-14-7-4-8-15-29/h5-6,9-13,16,18,23H,3-4,7-8,14-15,17H2,1-2H3,(H,26,30)(H,27,28)/t18-,23-/m0/s1. The average Bonchev–Trinajstić information content (AvgIpc) is 3.08. The summed E-state index contributed by atoms with van der Waals surface area (Å²) in [5.41, 5.74) is 2.40. The van der Waals surface area contributed by atoms with Crippen LogP contribution in [0.5, 0.6) is 0 Å². The summed E-state index contributed by atoms with van der Waals surface area (Å²) in [6.45, 7) is 7.05. The number of nitrogens with one attached hydrogen (secondary N) is 2. The van der Waals surface area contributed by atoms with Gasteiger partial charge in [-0.05, 0) is 61.7 Å². The number of carbonyl (C=O) groups is 1. The van der Waals surface area contributed by atoms with Crippen LogP contribution in [0.4, 0.5) is 5.69 Å². The lowest BCUT2D eigenvalue weighted by Crippen LogP contribution is -2.35. The molecule has 176 valence electrons. The van der Waals surface area contributed by atoms with Crippen molar-refractivity contribution in [1.82, 2.24) is 9.62 Å². The van der Waals surface area contributed by atoms with Crippen molar-refractivity contribution in [2.75, 3.05) is 18.4 Å². The lowest BCUT2D eigenvalue weighted by atomic mass is 9.98. The summed E-state index contributed by atoms with van der Waals surface area (Å²) in [6.07, 6.45) is 4.51. The van der Waals surface area contributed by atoms with E-state index in [0.29, 0.717) is 5.56 Å². The van der Waals surface area contributed by atoms with Gasteiger partial charge in [0.1, 0.15) is 11.9 Å². The minimum absolute atomic E-state index is 0.0636. The van der Waals surface area contributed by atoms with E-state index in [4.69, 9.17) is 0 Å². The maximum atomic E-state index is 13.3. The summed E-state index contributed by atoms with van der Waals surface area (Å²) in [6, 6.07) is 13.9. The molecule has 1 fully saturated rings. The Bertz CT molecular complexity index is 1140. The molecule has 2 N–H and O–H groups in total. The number of rotatable bonds is 7. The molecule has 2 aliphatic heterocycles. The molecule has 2 aromatic rings. The molecule has 2 atom stereocenters. The van der Waals surface area contributed by atoms with E-state index < -0.39 is 16.1 Å². The lowest BCUT2D eigenvalue weighted by Gasteiger charge is -2.26. The highest BCUT2D eigenvalue weighted by Crippen LogP contribution is 2.25. The van der Waals surface area contributed by atoms with Gasteiger partial charge in [0.15, 0.2) is 0 Å². The van der Waals surface area contributed by atoms with Gasteiger partial charge >= 0.3 is 0 Å². The Balaban J connectivity index is 1.54. The number of benzene rings is 2. The second kappa shape index (κ2) is 10.1. The van der Waals surface area contributed by atoms with Crippen molar-refractivity contribution in [2.45, 2.75) is 57.0 Å². The zero-order valence-corrected chi connectivity index (χ0v) is 20.1. The first-order valence-electron chi connectivity index (χ1n) is 11.7. The number of likely N-dealkylation sites (tertiary alicyclic amines) is 1. The molecule has 2 aliphatic rings. The van der Waals surface area contributed by atoms with E-state index in [1.165, 1.54) is 24.8 Å². The number of amidine groups is 1. The van der Waals surface area contributed by atoms with Crippen molar-refractivity contribution < 1.29 is 13.2 Å². The maximum absolute atomic E-state index is 13.3. The van der Waals surface area contributed by atoms with Crippen LogP contribution in [0.1, 0.15) is 50.7 Å². The van der Waals surface area contributed by atoms with Gasteiger partial charge in [-0.1, -0.05) is 51.0 Å². The second-order valence-corrected chi connectivity index (χ2v) is 10.6. The van der Waals surface area contributed by atoms with Crippen LogP contribution >= 0.6 is 0 Å². The van der Waals surface area contributed by atoms with Gasteiger partial charge in [-0.25, -0.2) is 8.42 Å². The largest absolute Gasteiger partial charge is 0.324 e. The van der Waals surface area contributed by atoms with Crippen LogP contribution in [0.25, 0.3) is 0 Å². The highest BCUT2D eigenvalue weighted by Gasteiger charge is 2.33. The van der Waals surface area contributed by atoms with Gasteiger partial charge in [0.05, 0.1) is 4.90 Å². The highest BCUT2D eigenvalue weighted by molar-refractivity contribution is 7.90. The van der Waals surface area contributed by atoms with Crippen LogP contribution in [0, 0.1) is 5.92 Å². The van der Waals surface area contributed by atoms with Crippen molar-refractivity contribution in [1.29, 1.82) is 0 Å². The molecule has 2 heterocycles. The van der Waals surface area contributed by atoms with E-state index in [-0.39, 0.29) is 22.6 Å². The minimum Gasteiger partial charge on any atom is -0.324 e. The molecule has 0 aliphatic carbocycles. The molecular weight excluding hydrogens is 436 g/mol. The summed E-state index contributed by atoms with van der Waals surface area (Å²) in [7, 11) is -3.65. The number of sulfonamides is 1. The predicted octanol–water partition coefficient (Wildman–Crippen LogP) is 3.76.